The molecule has 0 aromatic heterocycles. The normalized spacial score (nSPS) is 14.4. The van der Waals surface area contributed by atoms with Crippen molar-refractivity contribution in [2.75, 3.05) is 0 Å². The van der Waals surface area contributed by atoms with E-state index < -0.39 is 21.7 Å². The molecule has 1 rings (SSSR count). The first-order chi connectivity index (χ1) is 9.61. The topological polar surface area (TPSA) is 66.4 Å². The van der Waals surface area contributed by atoms with Crippen molar-refractivity contribution in [3.05, 3.63) is 28.7 Å². The van der Waals surface area contributed by atoms with Gasteiger partial charge in [-0.3, -0.25) is 0 Å². The Labute approximate surface area is 136 Å². The summed E-state index contributed by atoms with van der Waals surface area (Å²) in [4.78, 5) is 0.200. The predicted molar refractivity (Wildman–Crippen MR) is 88.6 cm³/mol. The number of sulfonamides is 1. The van der Waals surface area contributed by atoms with Gasteiger partial charge in [0.15, 0.2) is 0 Å². The second-order valence-electron chi connectivity index (χ2n) is 5.78. The molecule has 0 aliphatic rings. The zero-order valence-corrected chi connectivity index (χ0v) is 15.3. The third-order valence-corrected chi connectivity index (χ3v) is 5.67. The van der Waals surface area contributed by atoms with E-state index in [1.54, 1.807) is 38.1 Å². The molecule has 4 nitrogen and oxygen atoms in total. The summed E-state index contributed by atoms with van der Waals surface area (Å²) in [5.41, 5.74) is -1.13. The molecule has 0 radical (unpaired) electrons. The average Bonchev–Trinajstić information content (AvgIpc) is 2.38. The molecular weight excluding hydrogens is 354 g/mol. The van der Waals surface area contributed by atoms with E-state index in [1.165, 1.54) is 0 Å². The number of nitrogens with one attached hydrogen (secondary N) is 1. The van der Waals surface area contributed by atoms with Crippen LogP contribution in [0.1, 0.15) is 40.5 Å². The Bertz CT molecular complexity index is 545. The Morgan fingerprint density at radius 2 is 1.67 bits per heavy atom. The van der Waals surface area contributed by atoms with Gasteiger partial charge in [0.25, 0.3) is 0 Å². The highest BCUT2D eigenvalue weighted by Gasteiger charge is 2.35. The van der Waals surface area contributed by atoms with Gasteiger partial charge in [-0.15, -0.1) is 0 Å². The highest BCUT2D eigenvalue weighted by atomic mass is 79.9. The highest BCUT2D eigenvalue weighted by molar-refractivity contribution is 9.10. The van der Waals surface area contributed by atoms with Crippen LogP contribution in [0.25, 0.3) is 0 Å². The van der Waals surface area contributed by atoms with Crippen LogP contribution < -0.4 is 4.72 Å². The third kappa shape index (κ3) is 5.06. The van der Waals surface area contributed by atoms with E-state index in [0.717, 1.165) is 17.3 Å². The Kier molecular flexibility index (Phi) is 6.40. The van der Waals surface area contributed by atoms with E-state index >= 15 is 0 Å². The Hall–Kier alpha value is -0.430. The average molecular weight is 378 g/mol. The standard InChI is InChI=1S/C15H24BrNO3S/c1-5-11(6-2)14(15(3,4)18)17-21(19,20)13-9-7-12(16)8-10-13/h7-11,14,17-18H,5-6H2,1-4H3. The second kappa shape index (κ2) is 7.22. The van der Waals surface area contributed by atoms with E-state index in [2.05, 4.69) is 20.7 Å². The third-order valence-electron chi connectivity index (χ3n) is 3.69. The van der Waals surface area contributed by atoms with E-state index in [1.807, 2.05) is 13.8 Å². The Morgan fingerprint density at radius 3 is 2.05 bits per heavy atom. The van der Waals surface area contributed by atoms with Crippen LogP contribution in [0.4, 0.5) is 0 Å². The summed E-state index contributed by atoms with van der Waals surface area (Å²) in [5, 5.41) is 10.3. The molecule has 1 aromatic rings. The van der Waals surface area contributed by atoms with Gasteiger partial charge in [0, 0.05) is 4.47 Å². The number of rotatable bonds is 7. The smallest absolute Gasteiger partial charge is 0.240 e. The first kappa shape index (κ1) is 18.6. The van der Waals surface area contributed by atoms with E-state index in [0.29, 0.717) is 0 Å². The maximum Gasteiger partial charge on any atom is 0.240 e. The minimum Gasteiger partial charge on any atom is -0.389 e. The van der Waals surface area contributed by atoms with Gasteiger partial charge in [-0.05, 0) is 44.0 Å². The van der Waals surface area contributed by atoms with Crippen LogP contribution in [-0.4, -0.2) is 25.2 Å². The van der Waals surface area contributed by atoms with Gasteiger partial charge < -0.3 is 5.11 Å². The van der Waals surface area contributed by atoms with Gasteiger partial charge in [0.1, 0.15) is 0 Å². The van der Waals surface area contributed by atoms with Crippen LogP contribution in [0.15, 0.2) is 33.6 Å². The molecule has 0 bridgehead atoms. The number of hydrogen-bond acceptors (Lipinski definition) is 3. The lowest BCUT2D eigenvalue weighted by molar-refractivity contribution is 0.0216. The number of aliphatic hydroxyl groups is 1. The maximum absolute atomic E-state index is 12.5. The van der Waals surface area contributed by atoms with Crippen molar-refractivity contribution in [1.82, 2.24) is 4.72 Å². The summed E-state index contributed by atoms with van der Waals surface area (Å²) in [6.45, 7) is 7.28. The number of halogens is 1. The highest BCUT2D eigenvalue weighted by Crippen LogP contribution is 2.25. The van der Waals surface area contributed by atoms with Crippen molar-refractivity contribution < 1.29 is 13.5 Å². The van der Waals surface area contributed by atoms with Crippen LogP contribution in [0.2, 0.25) is 0 Å². The zero-order chi connectivity index (χ0) is 16.3. The molecule has 0 heterocycles. The first-order valence-corrected chi connectivity index (χ1v) is 9.39. The second-order valence-corrected chi connectivity index (χ2v) is 8.41. The molecule has 0 fully saturated rings. The molecule has 120 valence electrons. The van der Waals surface area contributed by atoms with E-state index in [4.69, 9.17) is 0 Å². The van der Waals surface area contributed by atoms with Gasteiger partial charge in [-0.25, -0.2) is 13.1 Å². The molecule has 1 unspecified atom stereocenters. The van der Waals surface area contributed by atoms with Gasteiger partial charge >= 0.3 is 0 Å². The number of hydrogen-bond donors (Lipinski definition) is 2. The van der Waals surface area contributed by atoms with Crippen molar-refractivity contribution >= 4 is 26.0 Å². The molecule has 0 aliphatic carbocycles. The van der Waals surface area contributed by atoms with Crippen molar-refractivity contribution in [2.24, 2.45) is 5.92 Å². The van der Waals surface area contributed by atoms with Crippen LogP contribution in [0.5, 0.6) is 0 Å². The van der Waals surface area contributed by atoms with Crippen LogP contribution in [0.3, 0.4) is 0 Å². The molecular formula is C15H24BrNO3S. The molecule has 0 saturated heterocycles. The summed E-state index contributed by atoms with van der Waals surface area (Å²) in [7, 11) is -3.66. The fraction of sp³-hybridized carbons (Fsp3) is 0.600. The van der Waals surface area contributed by atoms with Crippen molar-refractivity contribution in [3.63, 3.8) is 0 Å². The molecule has 2 N–H and O–H groups in total. The van der Waals surface area contributed by atoms with Crippen molar-refractivity contribution in [3.8, 4) is 0 Å². The van der Waals surface area contributed by atoms with Gasteiger partial charge in [0.05, 0.1) is 16.5 Å². The maximum atomic E-state index is 12.5. The molecule has 1 aromatic carbocycles. The predicted octanol–water partition coefficient (Wildman–Crippen LogP) is 3.30. The molecule has 0 amide bonds. The molecule has 1 atom stereocenters. The minimum absolute atomic E-state index is 0.0789. The summed E-state index contributed by atoms with van der Waals surface area (Å²) >= 11 is 3.29. The largest absolute Gasteiger partial charge is 0.389 e. The lowest BCUT2D eigenvalue weighted by Crippen LogP contribution is -2.53. The SMILES string of the molecule is CCC(CC)C(NS(=O)(=O)c1ccc(Br)cc1)C(C)(C)O. The molecule has 0 aliphatic heterocycles. The minimum atomic E-state index is -3.66. The summed E-state index contributed by atoms with van der Waals surface area (Å²) < 4.78 is 28.5. The zero-order valence-electron chi connectivity index (χ0n) is 12.9. The Morgan fingerprint density at radius 1 is 1.19 bits per heavy atom. The van der Waals surface area contributed by atoms with Gasteiger partial charge in [-0.2, -0.15) is 0 Å². The van der Waals surface area contributed by atoms with E-state index in [-0.39, 0.29) is 10.8 Å². The monoisotopic (exact) mass is 377 g/mol. The van der Waals surface area contributed by atoms with Crippen molar-refractivity contribution in [1.29, 1.82) is 0 Å². The van der Waals surface area contributed by atoms with Gasteiger partial charge in [-0.1, -0.05) is 42.6 Å². The number of benzene rings is 1. The van der Waals surface area contributed by atoms with Crippen LogP contribution >= 0.6 is 15.9 Å². The molecule has 0 saturated carbocycles. The van der Waals surface area contributed by atoms with E-state index in [9.17, 15) is 13.5 Å². The summed E-state index contributed by atoms with van der Waals surface area (Å²) in [6, 6.07) is 5.93. The van der Waals surface area contributed by atoms with Crippen molar-refractivity contribution in [2.45, 2.75) is 57.1 Å². The quantitative estimate of drug-likeness (QED) is 0.765. The summed E-state index contributed by atoms with van der Waals surface area (Å²) in [6.07, 6.45) is 1.60. The fourth-order valence-corrected chi connectivity index (χ4v) is 4.14. The van der Waals surface area contributed by atoms with Gasteiger partial charge in [0.2, 0.25) is 10.0 Å². The fourth-order valence-electron chi connectivity index (χ4n) is 2.43. The molecule has 21 heavy (non-hydrogen) atoms. The molecule has 0 spiro atoms. The lowest BCUT2D eigenvalue weighted by Gasteiger charge is -2.35. The molecule has 6 heteroatoms. The van der Waals surface area contributed by atoms with Crippen LogP contribution in [0, 0.1) is 5.92 Å². The van der Waals surface area contributed by atoms with Crippen LogP contribution in [-0.2, 0) is 10.0 Å². The lowest BCUT2D eigenvalue weighted by atomic mass is 9.84. The first-order valence-electron chi connectivity index (χ1n) is 7.12. The summed E-state index contributed by atoms with van der Waals surface area (Å²) in [5.74, 6) is 0.0789. The Balaban J connectivity index is 3.10.